The molecule has 0 aliphatic rings. The standard InChI is InChI=1S/C23H20N2O4S/c1-25(2)17-11-7-15(8-12-17)21-22(26)19-5-3-4-6-20(19)29-23(21)16-9-13-18(14-10-16)30(24,27)28/h3-14H,1-2H3,(H2,24,27,28). The van der Waals surface area contributed by atoms with E-state index in [2.05, 4.69) is 0 Å². The van der Waals surface area contributed by atoms with Gasteiger partial charge >= 0.3 is 0 Å². The molecule has 4 aromatic rings. The Balaban J connectivity index is 1.98. The van der Waals surface area contributed by atoms with Gasteiger partial charge in [0.1, 0.15) is 11.3 Å². The molecule has 4 rings (SSSR count). The molecule has 30 heavy (non-hydrogen) atoms. The van der Waals surface area contributed by atoms with Crippen molar-refractivity contribution in [2.75, 3.05) is 19.0 Å². The number of sulfonamides is 1. The van der Waals surface area contributed by atoms with Crippen LogP contribution in [0.25, 0.3) is 33.4 Å². The summed E-state index contributed by atoms with van der Waals surface area (Å²) in [5.41, 5.74) is 3.02. The third-order valence-corrected chi connectivity index (χ3v) is 5.84. The molecule has 0 spiro atoms. The molecule has 0 atom stereocenters. The lowest BCUT2D eigenvalue weighted by Crippen LogP contribution is -2.12. The number of rotatable bonds is 4. The summed E-state index contributed by atoms with van der Waals surface area (Å²) in [4.78, 5) is 15.3. The van der Waals surface area contributed by atoms with Crippen molar-refractivity contribution in [2.24, 2.45) is 5.14 Å². The molecule has 0 saturated heterocycles. The number of nitrogens with zero attached hydrogens (tertiary/aromatic N) is 1. The second kappa shape index (κ2) is 7.44. The molecule has 0 fully saturated rings. The van der Waals surface area contributed by atoms with Gasteiger partial charge in [0.15, 0.2) is 0 Å². The monoisotopic (exact) mass is 420 g/mol. The average molecular weight is 420 g/mol. The van der Waals surface area contributed by atoms with Crippen LogP contribution in [0.4, 0.5) is 5.69 Å². The fourth-order valence-electron chi connectivity index (χ4n) is 3.33. The Labute approximate surface area is 174 Å². The van der Waals surface area contributed by atoms with Crippen LogP contribution < -0.4 is 15.5 Å². The molecule has 1 aromatic heterocycles. The Kier molecular flexibility index (Phi) is 4.93. The minimum absolute atomic E-state index is 0.00808. The average Bonchev–Trinajstić information content (AvgIpc) is 2.73. The third kappa shape index (κ3) is 3.60. The highest BCUT2D eigenvalue weighted by Gasteiger charge is 2.18. The van der Waals surface area contributed by atoms with Crippen molar-refractivity contribution < 1.29 is 12.8 Å². The van der Waals surface area contributed by atoms with Gasteiger partial charge in [-0.25, -0.2) is 13.6 Å². The lowest BCUT2D eigenvalue weighted by atomic mass is 9.98. The van der Waals surface area contributed by atoms with E-state index >= 15 is 0 Å². The Bertz CT molecular complexity index is 1390. The van der Waals surface area contributed by atoms with Gasteiger partial charge in [-0.15, -0.1) is 0 Å². The number of hydrogen-bond donors (Lipinski definition) is 1. The number of hydrogen-bond acceptors (Lipinski definition) is 5. The molecular formula is C23H20N2O4S. The summed E-state index contributed by atoms with van der Waals surface area (Å²) >= 11 is 0. The minimum atomic E-state index is -3.82. The topological polar surface area (TPSA) is 93.6 Å². The molecule has 0 saturated carbocycles. The summed E-state index contributed by atoms with van der Waals surface area (Å²) < 4.78 is 29.3. The lowest BCUT2D eigenvalue weighted by molar-refractivity contribution is 0.597. The molecule has 3 aromatic carbocycles. The van der Waals surface area contributed by atoms with E-state index in [0.29, 0.717) is 33.4 Å². The summed E-state index contributed by atoms with van der Waals surface area (Å²) in [5.74, 6) is 0.372. The highest BCUT2D eigenvalue weighted by Crippen LogP contribution is 2.33. The second-order valence-electron chi connectivity index (χ2n) is 7.14. The summed E-state index contributed by atoms with van der Waals surface area (Å²) in [5, 5.41) is 5.68. The lowest BCUT2D eigenvalue weighted by Gasteiger charge is -2.14. The first-order valence-corrected chi connectivity index (χ1v) is 10.8. The fraction of sp³-hybridized carbons (Fsp3) is 0.0870. The predicted octanol–water partition coefficient (Wildman–Crippen LogP) is 3.84. The normalized spacial score (nSPS) is 11.6. The van der Waals surface area contributed by atoms with Crippen molar-refractivity contribution in [1.29, 1.82) is 0 Å². The van der Waals surface area contributed by atoms with Crippen LogP contribution in [0.15, 0.2) is 86.9 Å². The van der Waals surface area contributed by atoms with Gasteiger partial charge in [-0.3, -0.25) is 4.79 Å². The van der Waals surface area contributed by atoms with Crippen molar-refractivity contribution in [1.82, 2.24) is 0 Å². The van der Waals surface area contributed by atoms with Gasteiger partial charge in [-0.05, 0) is 54.1 Å². The smallest absolute Gasteiger partial charge is 0.238 e. The number of primary sulfonamides is 1. The van der Waals surface area contributed by atoms with Crippen molar-refractivity contribution >= 4 is 26.7 Å². The van der Waals surface area contributed by atoms with E-state index in [0.717, 1.165) is 5.69 Å². The molecule has 2 N–H and O–H groups in total. The van der Waals surface area contributed by atoms with Gasteiger partial charge in [0.05, 0.1) is 15.8 Å². The van der Waals surface area contributed by atoms with Crippen LogP contribution >= 0.6 is 0 Å². The highest BCUT2D eigenvalue weighted by atomic mass is 32.2. The summed E-state index contributed by atoms with van der Waals surface area (Å²) in [6, 6.07) is 20.6. The first kappa shape index (κ1) is 19.9. The van der Waals surface area contributed by atoms with Crippen LogP contribution in [-0.4, -0.2) is 22.5 Å². The van der Waals surface area contributed by atoms with Gasteiger partial charge in [0, 0.05) is 25.3 Å². The van der Waals surface area contributed by atoms with E-state index in [9.17, 15) is 13.2 Å². The zero-order valence-electron chi connectivity index (χ0n) is 16.5. The Morgan fingerprint density at radius 1 is 0.833 bits per heavy atom. The molecule has 0 aliphatic heterocycles. The van der Waals surface area contributed by atoms with E-state index in [-0.39, 0.29) is 10.3 Å². The van der Waals surface area contributed by atoms with E-state index in [1.54, 1.807) is 36.4 Å². The van der Waals surface area contributed by atoms with E-state index < -0.39 is 10.0 Å². The van der Waals surface area contributed by atoms with Crippen molar-refractivity contribution in [3.05, 3.63) is 83.0 Å². The molecule has 0 unspecified atom stereocenters. The molecule has 6 nitrogen and oxygen atoms in total. The van der Waals surface area contributed by atoms with Crippen LogP contribution in [-0.2, 0) is 10.0 Å². The first-order valence-electron chi connectivity index (χ1n) is 9.22. The number of anilines is 1. The van der Waals surface area contributed by atoms with E-state index in [1.807, 2.05) is 43.3 Å². The Morgan fingerprint density at radius 2 is 1.43 bits per heavy atom. The summed E-state index contributed by atoms with van der Waals surface area (Å²) in [7, 11) is 0.0678. The molecule has 0 bridgehead atoms. The van der Waals surface area contributed by atoms with Crippen LogP contribution in [0.3, 0.4) is 0 Å². The van der Waals surface area contributed by atoms with Crippen molar-refractivity contribution in [3.63, 3.8) is 0 Å². The Hall–Kier alpha value is -3.42. The maximum Gasteiger partial charge on any atom is 0.238 e. The maximum atomic E-state index is 13.4. The van der Waals surface area contributed by atoms with Gasteiger partial charge in [-0.1, -0.05) is 24.3 Å². The molecule has 7 heteroatoms. The Morgan fingerprint density at radius 3 is 2.03 bits per heavy atom. The van der Waals surface area contributed by atoms with Gasteiger partial charge in [-0.2, -0.15) is 0 Å². The minimum Gasteiger partial charge on any atom is -0.455 e. The van der Waals surface area contributed by atoms with Gasteiger partial charge in [0.25, 0.3) is 0 Å². The van der Waals surface area contributed by atoms with Crippen LogP contribution in [0, 0.1) is 0 Å². The molecule has 0 aliphatic carbocycles. The first-order chi connectivity index (χ1) is 14.3. The molecule has 152 valence electrons. The fourth-order valence-corrected chi connectivity index (χ4v) is 3.85. The molecular weight excluding hydrogens is 400 g/mol. The van der Waals surface area contributed by atoms with Gasteiger partial charge in [0.2, 0.25) is 15.5 Å². The van der Waals surface area contributed by atoms with Crippen LogP contribution in [0.1, 0.15) is 0 Å². The quantitative estimate of drug-likeness (QED) is 0.541. The third-order valence-electron chi connectivity index (χ3n) is 4.92. The zero-order valence-corrected chi connectivity index (χ0v) is 17.3. The maximum absolute atomic E-state index is 13.4. The van der Waals surface area contributed by atoms with E-state index in [1.165, 1.54) is 12.1 Å². The molecule has 1 heterocycles. The predicted molar refractivity (Wildman–Crippen MR) is 119 cm³/mol. The number of nitrogens with two attached hydrogens (primary N) is 1. The second-order valence-corrected chi connectivity index (χ2v) is 8.70. The van der Waals surface area contributed by atoms with Crippen molar-refractivity contribution in [3.8, 4) is 22.5 Å². The van der Waals surface area contributed by atoms with Crippen LogP contribution in [0.5, 0.6) is 0 Å². The summed E-state index contributed by atoms with van der Waals surface area (Å²) in [6.07, 6.45) is 0. The van der Waals surface area contributed by atoms with Crippen LogP contribution in [0.2, 0.25) is 0 Å². The van der Waals surface area contributed by atoms with E-state index in [4.69, 9.17) is 9.56 Å². The largest absolute Gasteiger partial charge is 0.455 e. The summed E-state index contributed by atoms with van der Waals surface area (Å²) in [6.45, 7) is 0. The number of para-hydroxylation sites is 1. The van der Waals surface area contributed by atoms with Crippen molar-refractivity contribution in [2.45, 2.75) is 4.90 Å². The molecule has 0 radical (unpaired) electrons. The number of fused-ring (bicyclic) bond motifs is 1. The number of benzene rings is 3. The SMILES string of the molecule is CN(C)c1ccc(-c2c(-c3ccc(S(N)(=O)=O)cc3)oc3ccccc3c2=O)cc1. The molecule has 0 amide bonds. The highest BCUT2D eigenvalue weighted by molar-refractivity contribution is 7.89. The zero-order chi connectivity index (χ0) is 21.5. The van der Waals surface area contributed by atoms with Gasteiger partial charge < -0.3 is 9.32 Å².